The molecule has 0 saturated carbocycles. The van der Waals surface area contributed by atoms with E-state index in [0.29, 0.717) is 5.78 Å². The molecule has 0 aliphatic carbocycles. The highest BCUT2D eigenvalue weighted by Crippen LogP contribution is 2.21. The quantitative estimate of drug-likeness (QED) is 0.664. The Balaban J connectivity index is 2.14. The van der Waals surface area contributed by atoms with Gasteiger partial charge in [0.25, 0.3) is 0 Å². The highest BCUT2D eigenvalue weighted by molar-refractivity contribution is 9.10. The molecule has 0 spiro atoms. The molecule has 0 fully saturated rings. The number of imidazole rings is 1. The predicted molar refractivity (Wildman–Crippen MR) is 73.8 cm³/mol. The minimum Gasteiger partial charge on any atom is -0.289 e. The van der Waals surface area contributed by atoms with Gasteiger partial charge >= 0.3 is 0 Å². The Bertz CT molecular complexity index is 674. The molecule has 0 aliphatic rings. The zero-order chi connectivity index (χ0) is 11.8. The number of hydrogen-bond acceptors (Lipinski definition) is 2. The normalized spacial score (nSPS) is 10.9. The lowest BCUT2D eigenvalue weighted by Gasteiger charge is -1.95. The van der Waals surface area contributed by atoms with Gasteiger partial charge in [0.1, 0.15) is 0 Å². The number of halogens is 2. The van der Waals surface area contributed by atoms with Crippen molar-refractivity contribution in [3.8, 4) is 11.3 Å². The van der Waals surface area contributed by atoms with Crippen LogP contribution in [-0.2, 0) is 0 Å². The summed E-state index contributed by atoms with van der Waals surface area (Å²) in [5.74, 6) is 0.700. The molecule has 0 aliphatic heterocycles. The minimum absolute atomic E-state index is 0.700. The SMILES string of the molecule is Brc1ccc(-c2cn3cc(Br)cnc3n2)cc1. The van der Waals surface area contributed by atoms with Gasteiger partial charge < -0.3 is 0 Å². The molecule has 84 valence electrons. The lowest BCUT2D eigenvalue weighted by molar-refractivity contribution is 1.10. The van der Waals surface area contributed by atoms with E-state index in [1.54, 1.807) is 6.20 Å². The van der Waals surface area contributed by atoms with Gasteiger partial charge in [-0.15, -0.1) is 0 Å². The Labute approximate surface area is 115 Å². The molecule has 0 amide bonds. The fourth-order valence-corrected chi connectivity index (χ4v) is 2.21. The predicted octanol–water partition coefficient (Wildman–Crippen LogP) is 3.92. The minimum atomic E-state index is 0.700. The van der Waals surface area contributed by atoms with Gasteiger partial charge in [-0.1, -0.05) is 28.1 Å². The van der Waals surface area contributed by atoms with Crippen LogP contribution in [0.2, 0.25) is 0 Å². The number of fused-ring (bicyclic) bond motifs is 1. The Hall–Kier alpha value is -1.20. The number of hydrogen-bond donors (Lipinski definition) is 0. The molecular formula is C12H7Br2N3. The van der Waals surface area contributed by atoms with Gasteiger partial charge in [0.05, 0.1) is 10.2 Å². The molecule has 3 aromatic rings. The first-order valence-electron chi connectivity index (χ1n) is 4.98. The zero-order valence-corrected chi connectivity index (χ0v) is 11.8. The summed E-state index contributed by atoms with van der Waals surface area (Å²) in [5, 5.41) is 0. The van der Waals surface area contributed by atoms with Crippen molar-refractivity contribution in [3.05, 3.63) is 51.8 Å². The molecule has 0 unspecified atom stereocenters. The third-order valence-corrected chi connectivity index (χ3v) is 3.36. The van der Waals surface area contributed by atoms with E-state index >= 15 is 0 Å². The van der Waals surface area contributed by atoms with Crippen molar-refractivity contribution in [1.82, 2.24) is 14.4 Å². The lowest BCUT2D eigenvalue weighted by Crippen LogP contribution is -1.85. The first kappa shape index (κ1) is 10.9. The summed E-state index contributed by atoms with van der Waals surface area (Å²) in [5.41, 5.74) is 2.00. The van der Waals surface area contributed by atoms with E-state index in [-0.39, 0.29) is 0 Å². The molecule has 0 bridgehead atoms. The number of benzene rings is 1. The molecule has 17 heavy (non-hydrogen) atoms. The van der Waals surface area contributed by atoms with Crippen molar-refractivity contribution in [3.63, 3.8) is 0 Å². The Morgan fingerprint density at radius 1 is 0.941 bits per heavy atom. The third kappa shape index (κ3) is 2.12. The summed E-state index contributed by atoms with van der Waals surface area (Å²) >= 11 is 6.81. The summed E-state index contributed by atoms with van der Waals surface area (Å²) in [6.07, 6.45) is 5.65. The van der Waals surface area contributed by atoms with Gasteiger partial charge in [-0.05, 0) is 28.1 Å². The first-order chi connectivity index (χ1) is 8.22. The van der Waals surface area contributed by atoms with Gasteiger partial charge in [0, 0.05) is 28.6 Å². The second kappa shape index (κ2) is 4.23. The van der Waals surface area contributed by atoms with Crippen LogP contribution >= 0.6 is 31.9 Å². The monoisotopic (exact) mass is 351 g/mol. The highest BCUT2D eigenvalue weighted by atomic mass is 79.9. The lowest BCUT2D eigenvalue weighted by atomic mass is 10.2. The summed E-state index contributed by atoms with van der Waals surface area (Å²) < 4.78 is 3.90. The number of nitrogens with zero attached hydrogens (tertiary/aromatic N) is 3. The van der Waals surface area contributed by atoms with Crippen molar-refractivity contribution in [1.29, 1.82) is 0 Å². The van der Waals surface area contributed by atoms with Crippen LogP contribution in [0.4, 0.5) is 0 Å². The fraction of sp³-hybridized carbons (Fsp3) is 0. The fourth-order valence-electron chi connectivity index (χ4n) is 1.62. The van der Waals surface area contributed by atoms with E-state index in [9.17, 15) is 0 Å². The third-order valence-electron chi connectivity index (χ3n) is 2.42. The molecule has 3 nitrogen and oxygen atoms in total. The van der Waals surface area contributed by atoms with Gasteiger partial charge in [0.2, 0.25) is 5.78 Å². The van der Waals surface area contributed by atoms with Gasteiger partial charge in [-0.2, -0.15) is 0 Å². The Morgan fingerprint density at radius 3 is 2.47 bits per heavy atom. The largest absolute Gasteiger partial charge is 0.289 e. The number of aromatic nitrogens is 3. The molecule has 0 saturated heterocycles. The Morgan fingerprint density at radius 2 is 1.71 bits per heavy atom. The maximum absolute atomic E-state index is 4.47. The van der Waals surface area contributed by atoms with Crippen LogP contribution in [0.1, 0.15) is 0 Å². The molecule has 5 heteroatoms. The second-order valence-electron chi connectivity index (χ2n) is 3.61. The summed E-state index contributed by atoms with van der Waals surface area (Å²) in [7, 11) is 0. The van der Waals surface area contributed by atoms with E-state index in [4.69, 9.17) is 0 Å². The average molecular weight is 353 g/mol. The zero-order valence-electron chi connectivity index (χ0n) is 8.64. The summed E-state index contributed by atoms with van der Waals surface area (Å²) in [6.45, 7) is 0. The van der Waals surface area contributed by atoms with Crippen LogP contribution in [0.3, 0.4) is 0 Å². The van der Waals surface area contributed by atoms with Crippen LogP contribution in [0, 0.1) is 0 Å². The van der Waals surface area contributed by atoms with E-state index in [1.807, 2.05) is 41.1 Å². The molecule has 2 heterocycles. The summed E-state index contributed by atoms with van der Waals surface area (Å²) in [4.78, 5) is 8.71. The van der Waals surface area contributed by atoms with Crippen molar-refractivity contribution < 1.29 is 0 Å². The van der Waals surface area contributed by atoms with Crippen molar-refractivity contribution in [2.45, 2.75) is 0 Å². The van der Waals surface area contributed by atoms with Crippen LogP contribution < -0.4 is 0 Å². The van der Waals surface area contributed by atoms with Gasteiger partial charge in [-0.25, -0.2) is 9.97 Å². The topological polar surface area (TPSA) is 30.2 Å². The van der Waals surface area contributed by atoms with Crippen LogP contribution in [-0.4, -0.2) is 14.4 Å². The highest BCUT2D eigenvalue weighted by Gasteiger charge is 2.05. The standard InChI is InChI=1S/C12H7Br2N3/c13-9-3-1-8(2-4-9)11-7-17-6-10(14)5-15-12(17)16-11/h1-7H. The van der Waals surface area contributed by atoms with Crippen LogP contribution in [0.15, 0.2) is 51.8 Å². The van der Waals surface area contributed by atoms with E-state index in [0.717, 1.165) is 20.2 Å². The molecule has 0 atom stereocenters. The molecule has 3 rings (SSSR count). The summed E-state index contributed by atoms with van der Waals surface area (Å²) in [6, 6.07) is 8.06. The van der Waals surface area contributed by atoms with E-state index in [1.165, 1.54) is 0 Å². The van der Waals surface area contributed by atoms with E-state index in [2.05, 4.69) is 41.8 Å². The maximum atomic E-state index is 4.47. The van der Waals surface area contributed by atoms with E-state index < -0.39 is 0 Å². The molecule has 0 N–H and O–H groups in total. The smallest absolute Gasteiger partial charge is 0.234 e. The number of rotatable bonds is 1. The Kier molecular flexibility index (Phi) is 2.72. The molecule has 2 aromatic heterocycles. The van der Waals surface area contributed by atoms with Gasteiger partial charge in [-0.3, -0.25) is 4.40 Å². The molecular weight excluding hydrogens is 346 g/mol. The van der Waals surface area contributed by atoms with Crippen molar-refractivity contribution in [2.24, 2.45) is 0 Å². The average Bonchev–Trinajstić information content (AvgIpc) is 2.72. The van der Waals surface area contributed by atoms with Crippen molar-refractivity contribution in [2.75, 3.05) is 0 Å². The second-order valence-corrected chi connectivity index (χ2v) is 5.44. The van der Waals surface area contributed by atoms with Crippen LogP contribution in [0.25, 0.3) is 17.0 Å². The first-order valence-corrected chi connectivity index (χ1v) is 6.57. The van der Waals surface area contributed by atoms with Crippen LogP contribution in [0.5, 0.6) is 0 Å². The molecule has 0 radical (unpaired) electrons. The molecule has 1 aromatic carbocycles. The van der Waals surface area contributed by atoms with Gasteiger partial charge in [0.15, 0.2) is 0 Å². The van der Waals surface area contributed by atoms with Crippen molar-refractivity contribution >= 4 is 37.6 Å². The maximum Gasteiger partial charge on any atom is 0.234 e.